The summed E-state index contributed by atoms with van der Waals surface area (Å²) in [5, 5.41) is 14.5. The lowest BCUT2D eigenvalue weighted by molar-refractivity contribution is -0.385. The van der Waals surface area contributed by atoms with Gasteiger partial charge in [0.15, 0.2) is 5.75 Å². The third-order valence-corrected chi connectivity index (χ3v) is 4.12. The molecule has 2 unspecified atom stereocenters. The maximum atomic E-state index is 11.0. The number of nitrogens with one attached hydrogen (secondary N) is 1. The number of benzene rings is 1. The molecule has 0 radical (unpaired) electrons. The van der Waals surface area contributed by atoms with E-state index in [0.717, 1.165) is 5.56 Å². The first-order valence-electron chi connectivity index (χ1n) is 7.16. The summed E-state index contributed by atoms with van der Waals surface area (Å²) in [6, 6.07) is 5.66. The SMILES string of the molecule is COc1ccc(CNC2CCCCC2C)cc1[N+](=O)[O-]. The minimum Gasteiger partial charge on any atom is -0.490 e. The molecular formula is C15H22N2O3. The van der Waals surface area contributed by atoms with Crippen LogP contribution < -0.4 is 10.1 Å². The van der Waals surface area contributed by atoms with Gasteiger partial charge < -0.3 is 10.1 Å². The van der Waals surface area contributed by atoms with Crippen molar-refractivity contribution in [3.8, 4) is 5.75 Å². The molecule has 1 saturated carbocycles. The summed E-state index contributed by atoms with van der Waals surface area (Å²) >= 11 is 0. The van der Waals surface area contributed by atoms with Crippen LogP contribution in [-0.2, 0) is 6.54 Å². The fraction of sp³-hybridized carbons (Fsp3) is 0.600. The number of nitrogens with zero attached hydrogens (tertiary/aromatic N) is 1. The highest BCUT2D eigenvalue weighted by atomic mass is 16.6. The third-order valence-electron chi connectivity index (χ3n) is 4.12. The van der Waals surface area contributed by atoms with Gasteiger partial charge in [-0.15, -0.1) is 0 Å². The van der Waals surface area contributed by atoms with Crippen molar-refractivity contribution in [2.75, 3.05) is 7.11 Å². The van der Waals surface area contributed by atoms with Crippen LogP contribution in [0.4, 0.5) is 5.69 Å². The molecule has 2 atom stereocenters. The van der Waals surface area contributed by atoms with E-state index in [9.17, 15) is 10.1 Å². The molecule has 2 rings (SSSR count). The molecule has 1 aliphatic rings. The molecule has 0 aromatic heterocycles. The van der Waals surface area contributed by atoms with Crippen LogP contribution in [0.15, 0.2) is 18.2 Å². The van der Waals surface area contributed by atoms with Gasteiger partial charge in [0.2, 0.25) is 0 Å². The lowest BCUT2D eigenvalue weighted by atomic mass is 9.86. The van der Waals surface area contributed by atoms with Crippen molar-refractivity contribution in [1.82, 2.24) is 5.32 Å². The van der Waals surface area contributed by atoms with E-state index in [1.165, 1.54) is 32.8 Å². The number of methoxy groups -OCH3 is 1. The fourth-order valence-corrected chi connectivity index (χ4v) is 2.86. The molecule has 1 aromatic carbocycles. The van der Waals surface area contributed by atoms with Crippen LogP contribution in [0.1, 0.15) is 38.2 Å². The molecule has 1 fully saturated rings. The second-order valence-electron chi connectivity index (χ2n) is 5.51. The highest BCUT2D eigenvalue weighted by Crippen LogP contribution is 2.28. The van der Waals surface area contributed by atoms with Crippen LogP contribution in [0.25, 0.3) is 0 Å². The Kier molecular flexibility index (Phi) is 4.95. The van der Waals surface area contributed by atoms with E-state index in [4.69, 9.17) is 4.74 Å². The van der Waals surface area contributed by atoms with Crippen LogP contribution in [0.2, 0.25) is 0 Å². The molecule has 0 aliphatic heterocycles. The normalized spacial score (nSPS) is 22.5. The molecule has 0 saturated heterocycles. The van der Waals surface area contributed by atoms with Crippen LogP contribution >= 0.6 is 0 Å². The van der Waals surface area contributed by atoms with Crippen LogP contribution in [0.3, 0.4) is 0 Å². The molecule has 0 bridgehead atoms. The summed E-state index contributed by atoms with van der Waals surface area (Å²) in [5.41, 5.74) is 0.957. The second kappa shape index (κ2) is 6.70. The highest BCUT2D eigenvalue weighted by Gasteiger charge is 2.21. The van der Waals surface area contributed by atoms with Crippen molar-refractivity contribution in [3.63, 3.8) is 0 Å². The number of hydrogen-bond acceptors (Lipinski definition) is 4. The summed E-state index contributed by atoms with van der Waals surface area (Å²) in [4.78, 5) is 10.6. The van der Waals surface area contributed by atoms with Gasteiger partial charge in [0.1, 0.15) is 0 Å². The Morgan fingerprint density at radius 3 is 2.80 bits per heavy atom. The first-order chi connectivity index (χ1) is 9.61. The van der Waals surface area contributed by atoms with Gasteiger partial charge in [-0.05, 0) is 30.4 Å². The van der Waals surface area contributed by atoms with E-state index >= 15 is 0 Å². The zero-order valence-corrected chi connectivity index (χ0v) is 12.1. The van der Waals surface area contributed by atoms with E-state index in [1.807, 2.05) is 6.07 Å². The highest BCUT2D eigenvalue weighted by molar-refractivity contribution is 5.48. The van der Waals surface area contributed by atoms with Crippen molar-refractivity contribution in [2.45, 2.75) is 45.2 Å². The van der Waals surface area contributed by atoms with Gasteiger partial charge in [-0.1, -0.05) is 25.8 Å². The monoisotopic (exact) mass is 278 g/mol. The standard InChI is InChI=1S/C15H22N2O3/c1-11-5-3-4-6-13(11)16-10-12-7-8-15(20-2)14(9-12)17(18)19/h7-9,11,13,16H,3-6,10H2,1-2H3. The Morgan fingerprint density at radius 2 is 2.15 bits per heavy atom. The average molecular weight is 278 g/mol. The van der Waals surface area contributed by atoms with Gasteiger partial charge in [0, 0.05) is 18.7 Å². The largest absolute Gasteiger partial charge is 0.490 e. The Morgan fingerprint density at radius 1 is 1.40 bits per heavy atom. The molecule has 5 nitrogen and oxygen atoms in total. The maximum absolute atomic E-state index is 11.0. The topological polar surface area (TPSA) is 64.4 Å². The predicted octanol–water partition coefficient (Wildman–Crippen LogP) is 3.27. The number of hydrogen-bond donors (Lipinski definition) is 1. The maximum Gasteiger partial charge on any atom is 0.311 e. The van der Waals surface area contributed by atoms with Gasteiger partial charge in [-0.3, -0.25) is 10.1 Å². The molecule has 5 heteroatoms. The lowest BCUT2D eigenvalue weighted by Gasteiger charge is -2.29. The molecule has 0 amide bonds. The molecule has 1 aromatic rings. The predicted molar refractivity (Wildman–Crippen MR) is 77.9 cm³/mol. The summed E-state index contributed by atoms with van der Waals surface area (Å²) in [7, 11) is 1.45. The molecular weight excluding hydrogens is 256 g/mol. The summed E-state index contributed by atoms with van der Waals surface area (Å²) < 4.78 is 5.01. The molecule has 0 heterocycles. The minimum absolute atomic E-state index is 0.0310. The molecule has 20 heavy (non-hydrogen) atoms. The Hall–Kier alpha value is -1.62. The minimum atomic E-state index is -0.397. The van der Waals surface area contributed by atoms with Crippen molar-refractivity contribution >= 4 is 5.69 Å². The van der Waals surface area contributed by atoms with Crippen LogP contribution in [0.5, 0.6) is 5.75 Å². The zero-order chi connectivity index (χ0) is 14.5. The summed E-state index contributed by atoms with van der Waals surface area (Å²) in [6.45, 7) is 2.94. The number of nitro benzene ring substituents is 1. The number of nitro groups is 1. The number of ether oxygens (including phenoxy) is 1. The molecule has 1 N–H and O–H groups in total. The quantitative estimate of drug-likeness (QED) is 0.663. The first-order valence-corrected chi connectivity index (χ1v) is 7.16. The van der Waals surface area contributed by atoms with Crippen molar-refractivity contribution < 1.29 is 9.66 Å². The smallest absolute Gasteiger partial charge is 0.311 e. The summed E-state index contributed by atoms with van der Waals surface area (Å²) in [5.74, 6) is 0.988. The molecule has 110 valence electrons. The molecule has 0 spiro atoms. The number of rotatable bonds is 5. The summed E-state index contributed by atoms with van der Waals surface area (Å²) in [6.07, 6.45) is 5.04. The fourth-order valence-electron chi connectivity index (χ4n) is 2.86. The third kappa shape index (κ3) is 3.48. The van der Waals surface area contributed by atoms with E-state index in [2.05, 4.69) is 12.2 Å². The van der Waals surface area contributed by atoms with E-state index in [1.54, 1.807) is 12.1 Å². The van der Waals surface area contributed by atoms with E-state index in [-0.39, 0.29) is 5.69 Å². The Labute approximate surface area is 119 Å². The average Bonchev–Trinajstić information content (AvgIpc) is 2.46. The Balaban J connectivity index is 2.02. The Bertz CT molecular complexity index is 476. The zero-order valence-electron chi connectivity index (χ0n) is 12.1. The lowest BCUT2D eigenvalue weighted by Crippen LogP contribution is -2.36. The van der Waals surface area contributed by atoms with Gasteiger partial charge in [0.05, 0.1) is 12.0 Å². The van der Waals surface area contributed by atoms with Crippen LogP contribution in [0, 0.1) is 16.0 Å². The van der Waals surface area contributed by atoms with Gasteiger partial charge in [-0.2, -0.15) is 0 Å². The van der Waals surface area contributed by atoms with Crippen molar-refractivity contribution in [3.05, 3.63) is 33.9 Å². The van der Waals surface area contributed by atoms with Gasteiger partial charge in [0.25, 0.3) is 0 Å². The van der Waals surface area contributed by atoms with Gasteiger partial charge in [-0.25, -0.2) is 0 Å². The van der Waals surface area contributed by atoms with E-state index in [0.29, 0.717) is 24.3 Å². The molecule has 1 aliphatic carbocycles. The van der Waals surface area contributed by atoms with Gasteiger partial charge >= 0.3 is 5.69 Å². The van der Waals surface area contributed by atoms with Crippen molar-refractivity contribution in [1.29, 1.82) is 0 Å². The second-order valence-corrected chi connectivity index (χ2v) is 5.51. The first kappa shape index (κ1) is 14.8. The van der Waals surface area contributed by atoms with E-state index < -0.39 is 4.92 Å². The van der Waals surface area contributed by atoms with Crippen LogP contribution in [-0.4, -0.2) is 18.1 Å². The van der Waals surface area contributed by atoms with Crippen molar-refractivity contribution in [2.24, 2.45) is 5.92 Å².